The van der Waals surface area contributed by atoms with Gasteiger partial charge in [-0.2, -0.15) is 5.10 Å². The Labute approximate surface area is 183 Å². The number of ether oxygens (including phenoxy) is 1. The van der Waals surface area contributed by atoms with Gasteiger partial charge in [-0.15, -0.1) is 0 Å². The average Bonchev–Trinajstić information content (AvgIpc) is 3.27. The van der Waals surface area contributed by atoms with Crippen LogP contribution in [0.2, 0.25) is 0 Å². The van der Waals surface area contributed by atoms with Crippen molar-refractivity contribution in [1.82, 2.24) is 15.5 Å². The molecule has 162 valence electrons. The summed E-state index contributed by atoms with van der Waals surface area (Å²) >= 11 is 0. The molecule has 2 aliphatic rings. The SMILES string of the molecule is O=C(NCC1CCCCC1)c1ccc2[nH]nc(-c3ccc(N4CCOCC4)cc3)c2c1. The normalized spacial score (nSPS) is 17.7. The Balaban J connectivity index is 1.33. The number of carbonyl (C=O) groups is 1. The molecule has 2 aromatic carbocycles. The van der Waals surface area contributed by atoms with Crippen molar-refractivity contribution in [3.05, 3.63) is 48.0 Å². The first-order valence-corrected chi connectivity index (χ1v) is 11.5. The van der Waals surface area contributed by atoms with Crippen molar-refractivity contribution in [3.63, 3.8) is 0 Å². The van der Waals surface area contributed by atoms with Crippen molar-refractivity contribution in [2.75, 3.05) is 37.7 Å². The van der Waals surface area contributed by atoms with Crippen LogP contribution in [0, 0.1) is 5.92 Å². The van der Waals surface area contributed by atoms with E-state index >= 15 is 0 Å². The fourth-order valence-electron chi connectivity index (χ4n) is 4.76. The fraction of sp³-hybridized carbons (Fsp3) is 0.440. The lowest BCUT2D eigenvalue weighted by Gasteiger charge is -2.28. The van der Waals surface area contributed by atoms with Gasteiger partial charge in [-0.05, 0) is 49.1 Å². The zero-order chi connectivity index (χ0) is 21.0. The molecule has 0 spiro atoms. The molecular weight excluding hydrogens is 388 g/mol. The molecule has 6 nitrogen and oxygen atoms in total. The van der Waals surface area contributed by atoms with Crippen LogP contribution >= 0.6 is 0 Å². The predicted octanol–water partition coefficient (Wildman–Crippen LogP) is 4.38. The van der Waals surface area contributed by atoms with Gasteiger partial charge in [0.2, 0.25) is 0 Å². The summed E-state index contributed by atoms with van der Waals surface area (Å²) in [7, 11) is 0. The number of anilines is 1. The molecule has 6 heteroatoms. The van der Waals surface area contributed by atoms with Gasteiger partial charge in [0.1, 0.15) is 0 Å². The van der Waals surface area contributed by atoms with Gasteiger partial charge in [0, 0.05) is 41.8 Å². The van der Waals surface area contributed by atoms with E-state index in [4.69, 9.17) is 4.74 Å². The van der Waals surface area contributed by atoms with Gasteiger partial charge in [0.05, 0.1) is 24.4 Å². The van der Waals surface area contributed by atoms with Gasteiger partial charge in [-0.3, -0.25) is 9.89 Å². The number of hydrogen-bond acceptors (Lipinski definition) is 4. The van der Waals surface area contributed by atoms with Crippen molar-refractivity contribution in [2.24, 2.45) is 5.92 Å². The van der Waals surface area contributed by atoms with Crippen LogP contribution in [0.25, 0.3) is 22.2 Å². The Morgan fingerprint density at radius 3 is 2.61 bits per heavy atom. The lowest BCUT2D eigenvalue weighted by atomic mass is 9.89. The number of morpholine rings is 1. The molecule has 1 saturated heterocycles. The topological polar surface area (TPSA) is 70.2 Å². The molecule has 2 fully saturated rings. The van der Waals surface area contributed by atoms with Crippen LogP contribution in [0.4, 0.5) is 5.69 Å². The van der Waals surface area contributed by atoms with Crippen molar-refractivity contribution in [2.45, 2.75) is 32.1 Å². The summed E-state index contributed by atoms with van der Waals surface area (Å²) in [5.74, 6) is 0.623. The first kappa shape index (κ1) is 20.1. The third-order valence-corrected chi connectivity index (χ3v) is 6.62. The highest BCUT2D eigenvalue weighted by Crippen LogP contribution is 2.29. The van der Waals surface area contributed by atoms with Crippen LogP contribution in [0.1, 0.15) is 42.5 Å². The Morgan fingerprint density at radius 2 is 1.84 bits per heavy atom. The summed E-state index contributed by atoms with van der Waals surface area (Å²) < 4.78 is 5.45. The predicted molar refractivity (Wildman–Crippen MR) is 123 cm³/mol. The van der Waals surface area contributed by atoms with Crippen LogP contribution in [-0.4, -0.2) is 49.0 Å². The van der Waals surface area contributed by atoms with Crippen LogP contribution < -0.4 is 10.2 Å². The molecule has 0 radical (unpaired) electrons. The molecule has 0 unspecified atom stereocenters. The molecule has 3 aromatic rings. The highest BCUT2D eigenvalue weighted by Gasteiger charge is 2.17. The fourth-order valence-corrected chi connectivity index (χ4v) is 4.76. The standard InChI is InChI=1S/C25H30N4O2/c30-25(26-17-18-4-2-1-3-5-18)20-8-11-23-22(16-20)24(28-27-23)19-6-9-21(10-7-19)29-12-14-31-15-13-29/h6-11,16,18H,1-5,12-15,17H2,(H,26,30)(H,27,28). The second kappa shape index (κ2) is 9.10. The third-order valence-electron chi connectivity index (χ3n) is 6.62. The smallest absolute Gasteiger partial charge is 0.251 e. The molecule has 1 amide bonds. The van der Waals surface area contributed by atoms with Gasteiger partial charge >= 0.3 is 0 Å². The van der Waals surface area contributed by atoms with Crippen molar-refractivity contribution >= 4 is 22.5 Å². The van der Waals surface area contributed by atoms with E-state index in [0.29, 0.717) is 11.5 Å². The second-order valence-electron chi connectivity index (χ2n) is 8.69. The summed E-state index contributed by atoms with van der Waals surface area (Å²) in [6.45, 7) is 4.17. The van der Waals surface area contributed by atoms with Crippen LogP contribution in [-0.2, 0) is 4.74 Å². The largest absolute Gasteiger partial charge is 0.378 e. The number of aromatic nitrogens is 2. The van der Waals surface area contributed by atoms with Gasteiger partial charge in [-0.25, -0.2) is 0 Å². The van der Waals surface area contributed by atoms with Crippen molar-refractivity contribution in [3.8, 4) is 11.3 Å². The van der Waals surface area contributed by atoms with Crippen LogP contribution in [0.3, 0.4) is 0 Å². The zero-order valence-electron chi connectivity index (χ0n) is 17.9. The Kier molecular flexibility index (Phi) is 5.89. The number of benzene rings is 2. The first-order valence-electron chi connectivity index (χ1n) is 11.5. The molecule has 0 bridgehead atoms. The van der Waals surface area contributed by atoms with E-state index in [1.54, 1.807) is 0 Å². The second-order valence-corrected chi connectivity index (χ2v) is 8.69. The number of H-pyrrole nitrogens is 1. The van der Waals surface area contributed by atoms with E-state index in [1.807, 2.05) is 18.2 Å². The van der Waals surface area contributed by atoms with E-state index in [1.165, 1.54) is 37.8 Å². The summed E-state index contributed by atoms with van der Waals surface area (Å²) in [5, 5.41) is 11.8. The first-order chi connectivity index (χ1) is 15.3. The number of carbonyl (C=O) groups excluding carboxylic acids is 1. The maximum Gasteiger partial charge on any atom is 0.251 e. The van der Waals surface area contributed by atoms with E-state index in [0.717, 1.165) is 55.0 Å². The average molecular weight is 419 g/mol. The summed E-state index contributed by atoms with van der Waals surface area (Å²) in [6.07, 6.45) is 6.36. The zero-order valence-corrected chi connectivity index (χ0v) is 17.9. The molecule has 2 N–H and O–H groups in total. The Hall–Kier alpha value is -2.86. The minimum Gasteiger partial charge on any atom is -0.378 e. The number of hydrogen-bond donors (Lipinski definition) is 2. The summed E-state index contributed by atoms with van der Waals surface area (Å²) in [5.41, 5.74) is 4.76. The number of amides is 1. The van der Waals surface area contributed by atoms with Crippen molar-refractivity contribution < 1.29 is 9.53 Å². The number of rotatable bonds is 5. The maximum atomic E-state index is 12.8. The molecule has 1 aliphatic carbocycles. The summed E-state index contributed by atoms with van der Waals surface area (Å²) in [6, 6.07) is 14.3. The lowest BCUT2D eigenvalue weighted by molar-refractivity contribution is 0.0943. The van der Waals surface area contributed by atoms with Gasteiger partial charge < -0.3 is 15.0 Å². The van der Waals surface area contributed by atoms with Gasteiger partial charge in [0.25, 0.3) is 5.91 Å². The Morgan fingerprint density at radius 1 is 1.06 bits per heavy atom. The van der Waals surface area contributed by atoms with Gasteiger partial charge in [-0.1, -0.05) is 31.4 Å². The molecule has 31 heavy (non-hydrogen) atoms. The quantitative estimate of drug-likeness (QED) is 0.645. The van der Waals surface area contributed by atoms with Gasteiger partial charge in [0.15, 0.2) is 0 Å². The molecule has 1 aromatic heterocycles. The Bertz CT molecular complexity index is 1030. The lowest BCUT2D eigenvalue weighted by Crippen LogP contribution is -2.36. The number of fused-ring (bicyclic) bond motifs is 1. The molecular formula is C25H30N4O2. The van der Waals surface area contributed by atoms with Crippen LogP contribution in [0.5, 0.6) is 0 Å². The number of nitrogens with zero attached hydrogens (tertiary/aromatic N) is 2. The minimum atomic E-state index is 0.00212. The molecule has 2 heterocycles. The number of aromatic amines is 1. The molecule has 1 saturated carbocycles. The minimum absolute atomic E-state index is 0.00212. The maximum absolute atomic E-state index is 12.8. The molecule has 5 rings (SSSR count). The molecule has 0 atom stereocenters. The highest BCUT2D eigenvalue weighted by molar-refractivity contribution is 6.01. The molecule has 1 aliphatic heterocycles. The highest BCUT2D eigenvalue weighted by atomic mass is 16.5. The van der Waals surface area contributed by atoms with Crippen molar-refractivity contribution in [1.29, 1.82) is 0 Å². The number of nitrogens with one attached hydrogen (secondary N) is 2. The van der Waals surface area contributed by atoms with Crippen LogP contribution in [0.15, 0.2) is 42.5 Å². The monoisotopic (exact) mass is 418 g/mol. The van der Waals surface area contributed by atoms with E-state index < -0.39 is 0 Å². The van der Waals surface area contributed by atoms with E-state index in [-0.39, 0.29) is 5.91 Å². The van der Waals surface area contributed by atoms with E-state index in [2.05, 4.69) is 44.7 Å². The third kappa shape index (κ3) is 4.44. The summed E-state index contributed by atoms with van der Waals surface area (Å²) in [4.78, 5) is 15.1. The van der Waals surface area contributed by atoms with E-state index in [9.17, 15) is 4.79 Å².